The molecule has 1 atom stereocenters. The van der Waals surface area contributed by atoms with Crippen molar-refractivity contribution < 1.29 is 14.1 Å². The average molecular weight is 357 g/mol. The quantitative estimate of drug-likeness (QED) is 0.762. The molecular formula is C20H27N3O3. The number of rotatable bonds is 7. The number of nitrogens with one attached hydrogen (secondary N) is 1. The van der Waals surface area contributed by atoms with E-state index in [2.05, 4.69) is 46.6 Å². The number of anilines is 1. The van der Waals surface area contributed by atoms with Gasteiger partial charge >= 0.3 is 5.97 Å². The number of aromatic nitrogens is 1. The first-order valence-electron chi connectivity index (χ1n) is 9.38. The van der Waals surface area contributed by atoms with Crippen LogP contribution in [0.15, 0.2) is 34.9 Å². The molecule has 1 N–H and O–H groups in total. The van der Waals surface area contributed by atoms with Crippen molar-refractivity contribution in [3.63, 3.8) is 0 Å². The Labute approximate surface area is 154 Å². The van der Waals surface area contributed by atoms with Gasteiger partial charge in [0.1, 0.15) is 0 Å². The van der Waals surface area contributed by atoms with E-state index >= 15 is 0 Å². The molecule has 1 aliphatic heterocycles. The van der Waals surface area contributed by atoms with Crippen LogP contribution in [0.25, 0.3) is 0 Å². The van der Waals surface area contributed by atoms with E-state index in [0.717, 1.165) is 13.1 Å². The van der Waals surface area contributed by atoms with Gasteiger partial charge in [0.15, 0.2) is 11.5 Å². The summed E-state index contributed by atoms with van der Waals surface area (Å²) in [5.41, 5.74) is 2.73. The van der Waals surface area contributed by atoms with Gasteiger partial charge in [-0.15, -0.1) is 0 Å². The summed E-state index contributed by atoms with van der Waals surface area (Å²) >= 11 is 0. The molecule has 1 aromatic heterocycles. The van der Waals surface area contributed by atoms with Crippen LogP contribution in [-0.2, 0) is 11.3 Å². The Morgan fingerprint density at radius 1 is 1.27 bits per heavy atom. The fourth-order valence-corrected chi connectivity index (χ4v) is 3.19. The maximum atomic E-state index is 11.6. The standard InChI is InChI=1S/C20H27N3O3/c1-3-25-20(24)19-13-18(26-22-19)14-21-15(2)16-7-9-17(10-8-16)23-11-5-4-6-12-23/h7-10,13,15,21H,3-6,11-12,14H2,1-2H3/t15-/m0/s1. The van der Waals surface area contributed by atoms with Gasteiger partial charge in [-0.1, -0.05) is 17.3 Å². The molecule has 2 heterocycles. The Balaban J connectivity index is 1.53. The number of carbonyl (C=O) groups excluding carboxylic acids is 1. The molecule has 0 amide bonds. The molecular weight excluding hydrogens is 330 g/mol. The van der Waals surface area contributed by atoms with Crippen LogP contribution < -0.4 is 10.2 Å². The molecule has 0 unspecified atom stereocenters. The van der Waals surface area contributed by atoms with Crippen molar-refractivity contribution in [2.24, 2.45) is 0 Å². The van der Waals surface area contributed by atoms with E-state index in [1.807, 2.05) is 0 Å². The zero-order chi connectivity index (χ0) is 18.4. The lowest BCUT2D eigenvalue weighted by molar-refractivity contribution is 0.0514. The second-order valence-electron chi connectivity index (χ2n) is 6.64. The van der Waals surface area contributed by atoms with Gasteiger partial charge < -0.3 is 19.5 Å². The van der Waals surface area contributed by atoms with Crippen molar-refractivity contribution in [3.8, 4) is 0 Å². The molecule has 1 saturated heterocycles. The molecule has 3 rings (SSSR count). The number of esters is 1. The Morgan fingerprint density at radius 2 is 2.00 bits per heavy atom. The third-order valence-corrected chi connectivity index (χ3v) is 4.74. The molecule has 2 aromatic rings. The Kier molecular flexibility index (Phi) is 6.28. The molecule has 1 aromatic carbocycles. The minimum atomic E-state index is -0.455. The van der Waals surface area contributed by atoms with Crippen LogP contribution in [0.5, 0.6) is 0 Å². The predicted octanol–water partition coefficient (Wildman–Crippen LogP) is 3.69. The highest BCUT2D eigenvalue weighted by molar-refractivity contribution is 5.87. The lowest BCUT2D eigenvalue weighted by atomic mass is 10.1. The molecule has 1 aliphatic rings. The molecule has 26 heavy (non-hydrogen) atoms. The van der Waals surface area contributed by atoms with E-state index in [0.29, 0.717) is 18.9 Å². The lowest BCUT2D eigenvalue weighted by Crippen LogP contribution is -2.29. The van der Waals surface area contributed by atoms with Gasteiger partial charge in [0.25, 0.3) is 0 Å². The van der Waals surface area contributed by atoms with Crippen molar-refractivity contribution in [1.29, 1.82) is 0 Å². The average Bonchev–Trinajstić information content (AvgIpc) is 3.16. The topological polar surface area (TPSA) is 67.6 Å². The molecule has 140 valence electrons. The summed E-state index contributed by atoms with van der Waals surface area (Å²) in [7, 11) is 0. The zero-order valence-corrected chi connectivity index (χ0v) is 15.5. The predicted molar refractivity (Wildman–Crippen MR) is 100 cm³/mol. The van der Waals surface area contributed by atoms with Crippen molar-refractivity contribution >= 4 is 11.7 Å². The maximum absolute atomic E-state index is 11.6. The number of hydrogen-bond donors (Lipinski definition) is 1. The summed E-state index contributed by atoms with van der Waals surface area (Å²) in [6, 6.07) is 10.5. The second kappa shape index (κ2) is 8.85. The molecule has 6 heteroatoms. The van der Waals surface area contributed by atoms with E-state index in [4.69, 9.17) is 9.26 Å². The van der Waals surface area contributed by atoms with Crippen molar-refractivity contribution in [3.05, 3.63) is 47.3 Å². The summed E-state index contributed by atoms with van der Waals surface area (Å²) in [5, 5.41) is 7.15. The maximum Gasteiger partial charge on any atom is 0.360 e. The van der Waals surface area contributed by atoms with Crippen molar-refractivity contribution in [2.75, 3.05) is 24.6 Å². The summed E-state index contributed by atoms with van der Waals surface area (Å²) in [5.74, 6) is 0.161. The van der Waals surface area contributed by atoms with E-state index in [1.54, 1.807) is 13.0 Å². The fraction of sp³-hybridized carbons (Fsp3) is 0.500. The molecule has 6 nitrogen and oxygen atoms in total. The highest BCUT2D eigenvalue weighted by Crippen LogP contribution is 2.22. The van der Waals surface area contributed by atoms with Crippen molar-refractivity contribution in [2.45, 2.75) is 45.7 Å². The summed E-state index contributed by atoms with van der Waals surface area (Å²) in [6.45, 7) is 7.01. The Morgan fingerprint density at radius 3 is 2.69 bits per heavy atom. The highest BCUT2D eigenvalue weighted by Gasteiger charge is 2.15. The van der Waals surface area contributed by atoms with Crippen LogP contribution in [0.2, 0.25) is 0 Å². The van der Waals surface area contributed by atoms with Gasteiger partial charge in [-0.3, -0.25) is 0 Å². The largest absolute Gasteiger partial charge is 0.461 e. The fourth-order valence-electron chi connectivity index (χ4n) is 3.19. The molecule has 0 aliphatic carbocycles. The minimum Gasteiger partial charge on any atom is -0.461 e. The molecule has 0 bridgehead atoms. The summed E-state index contributed by atoms with van der Waals surface area (Å²) in [6.07, 6.45) is 3.91. The third-order valence-electron chi connectivity index (χ3n) is 4.74. The molecule has 0 saturated carbocycles. The van der Waals surface area contributed by atoms with Crippen LogP contribution >= 0.6 is 0 Å². The monoisotopic (exact) mass is 357 g/mol. The number of nitrogens with zero attached hydrogens (tertiary/aromatic N) is 2. The normalized spacial score (nSPS) is 15.7. The summed E-state index contributed by atoms with van der Waals surface area (Å²) in [4.78, 5) is 14.1. The van der Waals surface area contributed by atoms with E-state index in [9.17, 15) is 4.79 Å². The Bertz CT molecular complexity index is 705. The molecule has 0 spiro atoms. The number of benzene rings is 1. The van der Waals surface area contributed by atoms with Gasteiger partial charge in [-0.25, -0.2) is 4.79 Å². The number of carbonyl (C=O) groups is 1. The number of ether oxygens (including phenoxy) is 1. The first kappa shape index (κ1) is 18.5. The van der Waals surface area contributed by atoms with Gasteiger partial charge in [-0.05, 0) is 50.8 Å². The highest BCUT2D eigenvalue weighted by atomic mass is 16.5. The van der Waals surface area contributed by atoms with E-state index in [1.165, 1.54) is 30.5 Å². The Hall–Kier alpha value is -2.34. The molecule has 0 radical (unpaired) electrons. The SMILES string of the molecule is CCOC(=O)c1cc(CN[C@@H](C)c2ccc(N3CCCCC3)cc2)on1. The van der Waals surface area contributed by atoms with Crippen LogP contribution in [0.4, 0.5) is 5.69 Å². The second-order valence-corrected chi connectivity index (χ2v) is 6.64. The van der Waals surface area contributed by atoms with Gasteiger partial charge in [0.05, 0.1) is 13.2 Å². The number of hydrogen-bond acceptors (Lipinski definition) is 6. The van der Waals surface area contributed by atoms with Crippen LogP contribution in [-0.4, -0.2) is 30.8 Å². The smallest absolute Gasteiger partial charge is 0.360 e. The third kappa shape index (κ3) is 4.64. The minimum absolute atomic E-state index is 0.168. The van der Waals surface area contributed by atoms with E-state index < -0.39 is 5.97 Å². The van der Waals surface area contributed by atoms with E-state index in [-0.39, 0.29) is 11.7 Å². The van der Waals surface area contributed by atoms with Gasteiger partial charge in [0, 0.05) is 30.9 Å². The van der Waals surface area contributed by atoms with Crippen LogP contribution in [0, 0.1) is 0 Å². The summed E-state index contributed by atoms with van der Waals surface area (Å²) < 4.78 is 10.1. The van der Waals surface area contributed by atoms with Crippen LogP contribution in [0.3, 0.4) is 0 Å². The van der Waals surface area contributed by atoms with Crippen LogP contribution in [0.1, 0.15) is 61.0 Å². The lowest BCUT2D eigenvalue weighted by Gasteiger charge is -2.29. The van der Waals surface area contributed by atoms with Gasteiger partial charge in [0.2, 0.25) is 0 Å². The number of piperidine rings is 1. The molecule has 1 fully saturated rings. The van der Waals surface area contributed by atoms with Gasteiger partial charge in [-0.2, -0.15) is 0 Å². The first-order chi connectivity index (χ1) is 12.7. The zero-order valence-electron chi connectivity index (χ0n) is 15.5. The van der Waals surface area contributed by atoms with Crippen molar-refractivity contribution in [1.82, 2.24) is 10.5 Å². The first-order valence-corrected chi connectivity index (χ1v) is 9.38.